The van der Waals surface area contributed by atoms with Crippen LogP contribution in [0.25, 0.3) is 0 Å². The van der Waals surface area contributed by atoms with Gasteiger partial charge in [0.25, 0.3) is 0 Å². The minimum absolute atomic E-state index is 0.0859. The minimum Gasteiger partial charge on any atom is -0.462 e. The number of aliphatic hydroxyl groups excluding tert-OH is 3. The Labute approximate surface area is 357 Å². The van der Waals surface area contributed by atoms with Gasteiger partial charge in [-0.25, -0.2) is 4.57 Å². The topological polar surface area (TPSA) is 180 Å². The number of unbranched alkanes of at least 4 members (excludes halogenated alkanes) is 17. The molecule has 5 N–H and O–H groups in total. The third-order valence-electron chi connectivity index (χ3n) is 9.82. The Morgan fingerprint density at radius 3 is 1.56 bits per heavy atom. The van der Waals surface area contributed by atoms with Gasteiger partial charge in [-0.05, 0) is 38.0 Å². The van der Waals surface area contributed by atoms with E-state index in [2.05, 4.69) is 18.4 Å². The summed E-state index contributed by atoms with van der Waals surface area (Å²) in [6.07, 6.45) is 38.9. The average Bonchev–Trinajstić information content (AvgIpc) is 3.18. The summed E-state index contributed by atoms with van der Waals surface area (Å²) < 4.78 is 26.2. The van der Waals surface area contributed by atoms with Crippen LogP contribution in [0.15, 0.2) is 60.8 Å². The predicted molar refractivity (Wildman–Crippen MR) is 238 cm³/mol. The molecule has 0 aliphatic heterocycles. The Bertz CT molecular complexity index is 1210. The molecular formula is C47H83O11P. The number of esters is 2. The van der Waals surface area contributed by atoms with Crippen LogP contribution in [-0.2, 0) is 28.2 Å². The molecule has 0 aromatic carbocycles. The largest absolute Gasteiger partial charge is 0.469 e. The van der Waals surface area contributed by atoms with E-state index in [1.54, 1.807) is 42.5 Å². The summed E-state index contributed by atoms with van der Waals surface area (Å²) in [5.74, 6) is -0.379. The van der Waals surface area contributed by atoms with Crippen LogP contribution in [0.5, 0.6) is 0 Å². The molecule has 11 nitrogen and oxygen atoms in total. The maximum absolute atomic E-state index is 12.5. The Balaban J connectivity index is 4.14. The van der Waals surface area contributed by atoms with Gasteiger partial charge in [0.15, 0.2) is 6.10 Å². The molecule has 0 heterocycles. The van der Waals surface area contributed by atoms with Crippen molar-refractivity contribution in [3.63, 3.8) is 0 Å². The van der Waals surface area contributed by atoms with Crippen LogP contribution < -0.4 is 0 Å². The second kappa shape index (κ2) is 39.7. The first-order valence-electron chi connectivity index (χ1n) is 22.8. The number of carbonyl (C=O) groups is 2. The second-order valence-corrected chi connectivity index (χ2v) is 17.3. The lowest BCUT2D eigenvalue weighted by Crippen LogP contribution is -2.29. The molecule has 0 aliphatic carbocycles. The van der Waals surface area contributed by atoms with E-state index in [9.17, 15) is 29.5 Å². The normalized spacial score (nSPS) is 14.7. The predicted octanol–water partition coefficient (Wildman–Crippen LogP) is 10.8. The zero-order valence-electron chi connectivity index (χ0n) is 36.9. The van der Waals surface area contributed by atoms with Gasteiger partial charge in [0.05, 0.1) is 24.9 Å². The standard InChI is InChI=1S/C47H83O11P/c1-4-5-26-33-42(48)34-28-23-20-21-24-29-35-44(49)45(50)36-31-38-47(52)58-43(40-57-59(53,54)55)39-56-46(51)37-30-25-19-17-15-13-11-9-7-6-8-10-12-14-16-18-22-27-32-41(2)3/h5,20-21,23-24,26,28-29,34-35,41-45,48-50H,4,6-19,22,25,27,30-33,36-40H2,1-3H3,(H2,53,54,55)/b23-20+,24-21-,26-5-,34-28+,35-29-/t42-,43+,44+,45+/m0/s1. The zero-order valence-corrected chi connectivity index (χ0v) is 37.8. The van der Waals surface area contributed by atoms with Crippen LogP contribution in [0.1, 0.15) is 181 Å². The molecule has 0 aliphatic rings. The molecule has 0 spiro atoms. The van der Waals surface area contributed by atoms with Crippen LogP contribution in [0, 0.1) is 5.92 Å². The van der Waals surface area contributed by atoms with Gasteiger partial charge in [-0.3, -0.25) is 14.1 Å². The number of hydrogen-bond donors (Lipinski definition) is 5. The number of hydrogen-bond acceptors (Lipinski definition) is 9. The molecule has 0 bridgehead atoms. The third-order valence-corrected chi connectivity index (χ3v) is 10.3. The lowest BCUT2D eigenvalue weighted by Gasteiger charge is -2.19. The van der Waals surface area contributed by atoms with E-state index in [-0.39, 0.29) is 25.7 Å². The number of carbonyl (C=O) groups excluding carboxylic acids is 2. The number of phosphoric acid groups is 1. The van der Waals surface area contributed by atoms with Gasteiger partial charge in [0.2, 0.25) is 0 Å². The molecule has 0 fully saturated rings. The lowest BCUT2D eigenvalue weighted by atomic mass is 10.0. The first-order chi connectivity index (χ1) is 28.3. The highest BCUT2D eigenvalue weighted by Crippen LogP contribution is 2.36. The SMILES string of the molecule is CC/C=C\C[C@H](O)/C=C/C=C/C=C\C=C/[C@@H](O)[C@H](O)CCCC(=O)O[C@H](COC(=O)CCCCCCCCCCCCCCCCCCCCC(C)C)COP(=O)(O)O. The van der Waals surface area contributed by atoms with Crippen molar-refractivity contribution in [2.24, 2.45) is 5.92 Å². The van der Waals surface area contributed by atoms with E-state index in [4.69, 9.17) is 19.3 Å². The van der Waals surface area contributed by atoms with Crippen molar-refractivity contribution in [2.75, 3.05) is 13.2 Å². The van der Waals surface area contributed by atoms with Crippen molar-refractivity contribution < 1.29 is 53.3 Å². The highest BCUT2D eigenvalue weighted by atomic mass is 31.2. The molecule has 0 unspecified atom stereocenters. The first-order valence-corrected chi connectivity index (χ1v) is 24.3. The van der Waals surface area contributed by atoms with Crippen molar-refractivity contribution in [3.8, 4) is 0 Å². The van der Waals surface area contributed by atoms with E-state index >= 15 is 0 Å². The molecule has 0 rings (SSSR count). The van der Waals surface area contributed by atoms with Gasteiger partial charge >= 0.3 is 19.8 Å². The smallest absolute Gasteiger partial charge is 0.462 e. The van der Waals surface area contributed by atoms with Crippen molar-refractivity contribution in [1.29, 1.82) is 0 Å². The van der Waals surface area contributed by atoms with Crippen LogP contribution in [0.2, 0.25) is 0 Å². The van der Waals surface area contributed by atoms with Gasteiger partial charge in [0.1, 0.15) is 6.61 Å². The summed E-state index contributed by atoms with van der Waals surface area (Å²) in [7, 11) is -4.86. The Morgan fingerprint density at radius 1 is 0.576 bits per heavy atom. The van der Waals surface area contributed by atoms with Gasteiger partial charge in [-0.15, -0.1) is 0 Å². The second-order valence-electron chi connectivity index (χ2n) is 16.1. The first kappa shape index (κ1) is 56.6. The maximum Gasteiger partial charge on any atom is 0.469 e. The molecule has 4 atom stereocenters. The minimum atomic E-state index is -4.86. The van der Waals surface area contributed by atoms with Crippen molar-refractivity contribution in [3.05, 3.63) is 60.8 Å². The van der Waals surface area contributed by atoms with Crippen molar-refractivity contribution in [2.45, 2.75) is 206 Å². The summed E-state index contributed by atoms with van der Waals surface area (Å²) >= 11 is 0. The third kappa shape index (κ3) is 42.1. The molecule has 0 aromatic rings. The summed E-state index contributed by atoms with van der Waals surface area (Å²) in [6.45, 7) is 5.57. The fraction of sp³-hybridized carbons (Fsp3) is 0.745. The molecule has 0 saturated carbocycles. The van der Waals surface area contributed by atoms with E-state index in [1.807, 2.05) is 19.1 Å². The summed E-state index contributed by atoms with van der Waals surface area (Å²) in [5, 5.41) is 30.3. The lowest BCUT2D eigenvalue weighted by molar-refractivity contribution is -0.161. The van der Waals surface area contributed by atoms with E-state index in [1.165, 1.54) is 102 Å². The molecule has 12 heteroatoms. The number of ether oxygens (including phenoxy) is 2. The fourth-order valence-electron chi connectivity index (χ4n) is 6.31. The van der Waals surface area contributed by atoms with Crippen molar-refractivity contribution in [1.82, 2.24) is 0 Å². The Kier molecular flexibility index (Phi) is 38.2. The maximum atomic E-state index is 12.5. The quantitative estimate of drug-likeness (QED) is 0.0130. The van der Waals surface area contributed by atoms with Gasteiger partial charge in [-0.1, -0.05) is 197 Å². The van der Waals surface area contributed by atoms with E-state index in [0.29, 0.717) is 12.8 Å². The zero-order chi connectivity index (χ0) is 43.8. The number of phosphoric ester groups is 1. The number of allylic oxidation sites excluding steroid dienone is 7. The van der Waals surface area contributed by atoms with Gasteiger partial charge in [0, 0.05) is 12.8 Å². The van der Waals surface area contributed by atoms with Crippen LogP contribution in [0.3, 0.4) is 0 Å². The summed E-state index contributed by atoms with van der Waals surface area (Å²) in [4.78, 5) is 43.0. The van der Waals surface area contributed by atoms with Gasteiger partial charge in [-0.2, -0.15) is 0 Å². The average molecular weight is 855 g/mol. The van der Waals surface area contributed by atoms with Crippen molar-refractivity contribution >= 4 is 19.8 Å². The summed E-state index contributed by atoms with van der Waals surface area (Å²) in [5.41, 5.74) is 0. The van der Waals surface area contributed by atoms with E-state index < -0.39 is 57.4 Å². The molecule has 0 amide bonds. The molecule has 0 saturated heterocycles. The Hall–Kier alpha value is -2.37. The summed E-state index contributed by atoms with van der Waals surface area (Å²) in [6, 6.07) is 0. The molecule has 0 radical (unpaired) electrons. The number of aliphatic hydroxyl groups is 3. The monoisotopic (exact) mass is 855 g/mol. The highest BCUT2D eigenvalue weighted by Gasteiger charge is 2.23. The van der Waals surface area contributed by atoms with Crippen LogP contribution in [-0.4, -0.2) is 74.7 Å². The number of rotatable bonds is 40. The fourth-order valence-corrected chi connectivity index (χ4v) is 6.67. The van der Waals surface area contributed by atoms with Crippen LogP contribution in [0.4, 0.5) is 0 Å². The van der Waals surface area contributed by atoms with E-state index in [0.717, 1.165) is 31.6 Å². The molecular weight excluding hydrogens is 771 g/mol. The molecule has 342 valence electrons. The molecule has 59 heavy (non-hydrogen) atoms. The molecule has 0 aromatic heterocycles. The highest BCUT2D eigenvalue weighted by molar-refractivity contribution is 7.46. The van der Waals surface area contributed by atoms with Gasteiger partial charge < -0.3 is 34.6 Å². The van der Waals surface area contributed by atoms with Crippen LogP contribution >= 0.6 is 7.82 Å². The Morgan fingerprint density at radius 2 is 1.05 bits per heavy atom.